The van der Waals surface area contributed by atoms with E-state index in [0.717, 1.165) is 4.90 Å². The standard InChI is InChI=1S/C9H9ClF3N5/c1-2-17(4-9(11,12)13)7-3-6(10)16-8-14-5-15-18(7)8/h3,5H,2,4H2,1H3. The van der Waals surface area contributed by atoms with Crippen molar-refractivity contribution >= 4 is 23.2 Å². The fourth-order valence-corrected chi connectivity index (χ4v) is 1.74. The van der Waals surface area contributed by atoms with Crippen molar-refractivity contribution in [2.75, 3.05) is 18.0 Å². The number of alkyl halides is 3. The Hall–Kier alpha value is -1.57. The lowest BCUT2D eigenvalue weighted by molar-refractivity contribution is -0.119. The molecule has 9 heteroatoms. The third-order valence-corrected chi connectivity index (χ3v) is 2.47. The Labute approximate surface area is 105 Å². The molecule has 0 fully saturated rings. The number of anilines is 1. The molecule has 2 rings (SSSR count). The van der Waals surface area contributed by atoms with E-state index in [1.54, 1.807) is 6.92 Å². The van der Waals surface area contributed by atoms with Gasteiger partial charge in [0.2, 0.25) is 0 Å². The molecule has 0 aliphatic heterocycles. The zero-order chi connectivity index (χ0) is 13.3. The molecule has 2 aromatic heterocycles. The van der Waals surface area contributed by atoms with Gasteiger partial charge in [0.05, 0.1) is 0 Å². The molecule has 0 atom stereocenters. The molecule has 98 valence electrons. The molecule has 2 heterocycles. The van der Waals surface area contributed by atoms with Crippen molar-refractivity contribution in [3.63, 3.8) is 0 Å². The summed E-state index contributed by atoms with van der Waals surface area (Å²) in [5.74, 6) is 0.375. The quantitative estimate of drug-likeness (QED) is 0.808. The van der Waals surface area contributed by atoms with Gasteiger partial charge in [-0.2, -0.15) is 32.8 Å². The van der Waals surface area contributed by atoms with Crippen LogP contribution in [0, 0.1) is 0 Å². The Balaban J connectivity index is 2.47. The molecule has 5 nitrogen and oxygen atoms in total. The van der Waals surface area contributed by atoms with Crippen LogP contribution in [0.25, 0.3) is 5.78 Å². The van der Waals surface area contributed by atoms with Gasteiger partial charge in [0.15, 0.2) is 0 Å². The summed E-state index contributed by atoms with van der Waals surface area (Å²) < 4.78 is 38.6. The second kappa shape index (κ2) is 4.60. The van der Waals surface area contributed by atoms with Crippen LogP contribution in [0.2, 0.25) is 5.15 Å². The number of hydrogen-bond donors (Lipinski definition) is 0. The van der Waals surface area contributed by atoms with E-state index in [1.807, 2.05) is 0 Å². The van der Waals surface area contributed by atoms with Gasteiger partial charge < -0.3 is 4.90 Å². The first-order valence-electron chi connectivity index (χ1n) is 5.08. The van der Waals surface area contributed by atoms with E-state index in [4.69, 9.17) is 11.6 Å². The lowest BCUT2D eigenvalue weighted by Crippen LogP contribution is -2.35. The maximum absolute atomic E-state index is 12.5. The fraction of sp³-hybridized carbons (Fsp3) is 0.444. The lowest BCUT2D eigenvalue weighted by atomic mass is 10.4. The molecule has 0 aliphatic rings. The SMILES string of the molecule is CCN(CC(F)(F)F)c1cc(Cl)nc2ncnn12. The van der Waals surface area contributed by atoms with Gasteiger partial charge in [0, 0.05) is 12.6 Å². The van der Waals surface area contributed by atoms with Crippen LogP contribution in [0.3, 0.4) is 0 Å². The van der Waals surface area contributed by atoms with Gasteiger partial charge in [0.1, 0.15) is 23.8 Å². The molecular weight excluding hydrogens is 271 g/mol. The third kappa shape index (κ3) is 2.63. The highest BCUT2D eigenvalue weighted by atomic mass is 35.5. The highest BCUT2D eigenvalue weighted by Gasteiger charge is 2.31. The Morgan fingerprint density at radius 2 is 2.17 bits per heavy atom. The predicted molar refractivity (Wildman–Crippen MR) is 59.7 cm³/mol. The molecule has 0 saturated carbocycles. The number of halogens is 4. The lowest BCUT2D eigenvalue weighted by Gasteiger charge is -2.24. The molecule has 0 spiro atoms. The summed E-state index contributed by atoms with van der Waals surface area (Å²) in [6, 6.07) is 1.33. The van der Waals surface area contributed by atoms with E-state index in [2.05, 4.69) is 15.1 Å². The summed E-state index contributed by atoms with van der Waals surface area (Å²) in [5.41, 5.74) is 0. The molecule has 0 aliphatic carbocycles. The number of nitrogens with zero attached hydrogens (tertiary/aromatic N) is 5. The van der Waals surface area contributed by atoms with Crippen molar-refractivity contribution in [2.24, 2.45) is 0 Å². The van der Waals surface area contributed by atoms with E-state index >= 15 is 0 Å². The zero-order valence-corrected chi connectivity index (χ0v) is 10.1. The normalized spacial score (nSPS) is 12.1. The van der Waals surface area contributed by atoms with Gasteiger partial charge in [0.25, 0.3) is 5.78 Å². The van der Waals surface area contributed by atoms with Crippen LogP contribution >= 0.6 is 11.6 Å². The van der Waals surface area contributed by atoms with Gasteiger partial charge in [-0.3, -0.25) is 0 Å². The number of rotatable bonds is 3. The Bertz CT molecular complexity index is 553. The van der Waals surface area contributed by atoms with Gasteiger partial charge in [-0.15, -0.1) is 0 Å². The monoisotopic (exact) mass is 279 g/mol. The Morgan fingerprint density at radius 3 is 2.78 bits per heavy atom. The first-order chi connectivity index (χ1) is 8.40. The van der Waals surface area contributed by atoms with E-state index in [1.165, 1.54) is 16.9 Å². The zero-order valence-electron chi connectivity index (χ0n) is 9.32. The topological polar surface area (TPSA) is 46.3 Å². The third-order valence-electron chi connectivity index (χ3n) is 2.28. The summed E-state index contributed by atoms with van der Waals surface area (Å²) in [6.07, 6.45) is -3.09. The average Bonchev–Trinajstić information content (AvgIpc) is 2.71. The van der Waals surface area contributed by atoms with Gasteiger partial charge >= 0.3 is 6.18 Å². The summed E-state index contributed by atoms with van der Waals surface area (Å²) in [7, 11) is 0. The molecule has 0 aromatic carbocycles. The average molecular weight is 280 g/mol. The second-order valence-corrected chi connectivity index (χ2v) is 3.93. The van der Waals surface area contributed by atoms with E-state index in [-0.39, 0.29) is 23.3 Å². The smallest absolute Gasteiger partial charge is 0.348 e. The van der Waals surface area contributed by atoms with Gasteiger partial charge in [-0.25, -0.2) is 0 Å². The highest BCUT2D eigenvalue weighted by molar-refractivity contribution is 6.29. The fourth-order valence-electron chi connectivity index (χ4n) is 1.57. The summed E-state index contributed by atoms with van der Waals surface area (Å²) in [4.78, 5) is 8.76. The first-order valence-corrected chi connectivity index (χ1v) is 5.46. The van der Waals surface area contributed by atoms with Crippen molar-refractivity contribution in [2.45, 2.75) is 13.1 Å². The molecule has 0 radical (unpaired) electrons. The molecule has 0 amide bonds. The summed E-state index contributed by atoms with van der Waals surface area (Å²) >= 11 is 5.75. The van der Waals surface area contributed by atoms with Crippen LogP contribution in [-0.4, -0.2) is 38.8 Å². The van der Waals surface area contributed by atoms with Gasteiger partial charge in [-0.05, 0) is 6.92 Å². The number of aromatic nitrogens is 4. The van der Waals surface area contributed by atoms with E-state index in [9.17, 15) is 13.2 Å². The minimum absolute atomic E-state index is 0.0751. The van der Waals surface area contributed by atoms with Crippen molar-refractivity contribution in [3.05, 3.63) is 17.5 Å². The molecule has 0 bridgehead atoms. The summed E-state index contributed by atoms with van der Waals surface area (Å²) in [6.45, 7) is 0.691. The van der Waals surface area contributed by atoms with Crippen LogP contribution in [-0.2, 0) is 0 Å². The molecule has 2 aromatic rings. The van der Waals surface area contributed by atoms with E-state index in [0.29, 0.717) is 0 Å². The van der Waals surface area contributed by atoms with Crippen LogP contribution in [0.1, 0.15) is 6.92 Å². The molecule has 18 heavy (non-hydrogen) atoms. The van der Waals surface area contributed by atoms with Crippen molar-refractivity contribution in [1.82, 2.24) is 19.6 Å². The Morgan fingerprint density at radius 1 is 1.44 bits per heavy atom. The molecular formula is C9H9ClF3N5. The number of hydrogen-bond acceptors (Lipinski definition) is 4. The minimum atomic E-state index is -4.31. The largest absolute Gasteiger partial charge is 0.405 e. The maximum atomic E-state index is 12.5. The second-order valence-electron chi connectivity index (χ2n) is 3.54. The molecule has 0 unspecified atom stereocenters. The molecule has 0 N–H and O–H groups in total. The Kier molecular flexibility index (Phi) is 3.29. The van der Waals surface area contributed by atoms with E-state index < -0.39 is 12.7 Å². The van der Waals surface area contributed by atoms with Crippen LogP contribution in [0.4, 0.5) is 19.0 Å². The summed E-state index contributed by atoms with van der Waals surface area (Å²) in [5, 5.41) is 3.91. The van der Waals surface area contributed by atoms with Crippen LogP contribution in [0.5, 0.6) is 0 Å². The van der Waals surface area contributed by atoms with Crippen LogP contribution in [0.15, 0.2) is 12.4 Å². The first kappa shape index (κ1) is 12.9. The highest BCUT2D eigenvalue weighted by Crippen LogP contribution is 2.23. The molecule has 0 saturated heterocycles. The number of fused-ring (bicyclic) bond motifs is 1. The van der Waals surface area contributed by atoms with Crippen molar-refractivity contribution in [3.8, 4) is 0 Å². The van der Waals surface area contributed by atoms with Crippen molar-refractivity contribution in [1.29, 1.82) is 0 Å². The van der Waals surface area contributed by atoms with Crippen molar-refractivity contribution < 1.29 is 13.2 Å². The van der Waals surface area contributed by atoms with Gasteiger partial charge in [-0.1, -0.05) is 11.6 Å². The maximum Gasteiger partial charge on any atom is 0.405 e. The minimum Gasteiger partial charge on any atom is -0.348 e. The predicted octanol–water partition coefficient (Wildman–Crippen LogP) is 2.17. The van der Waals surface area contributed by atoms with Crippen LogP contribution < -0.4 is 4.90 Å².